The van der Waals surface area contributed by atoms with Crippen molar-refractivity contribution in [3.63, 3.8) is 0 Å². The lowest BCUT2D eigenvalue weighted by Crippen LogP contribution is -2.36. The summed E-state index contributed by atoms with van der Waals surface area (Å²) in [4.78, 5) is 19.1. The summed E-state index contributed by atoms with van der Waals surface area (Å²) < 4.78 is 18.6. The molecule has 3 aromatic rings. The average molecular weight is 424 g/mol. The minimum Gasteiger partial charge on any atom is -0.447 e. The quantitative estimate of drug-likeness (QED) is 0.520. The van der Waals surface area contributed by atoms with Crippen LogP contribution < -0.4 is 5.32 Å². The fraction of sp³-hybridized carbons (Fsp3) is 0.360. The Bertz CT molecular complexity index is 981. The smallest absolute Gasteiger partial charge is 0.273 e. The van der Waals surface area contributed by atoms with Crippen LogP contribution in [-0.2, 0) is 19.6 Å². The van der Waals surface area contributed by atoms with Gasteiger partial charge in [0.25, 0.3) is 5.91 Å². The Morgan fingerprint density at radius 2 is 1.68 bits per heavy atom. The Labute approximate surface area is 183 Å². The van der Waals surface area contributed by atoms with Gasteiger partial charge in [-0.1, -0.05) is 55.8 Å². The number of aryl methyl sites for hydroxylation is 1. The molecule has 0 saturated heterocycles. The third kappa shape index (κ3) is 6.49. The summed E-state index contributed by atoms with van der Waals surface area (Å²) in [6.45, 7) is 10.2. The van der Waals surface area contributed by atoms with Crippen LogP contribution in [0.15, 0.2) is 59.2 Å². The number of halogens is 1. The van der Waals surface area contributed by atoms with Crippen molar-refractivity contribution in [1.29, 1.82) is 0 Å². The summed E-state index contributed by atoms with van der Waals surface area (Å²) in [5, 5.41) is 2.79. The predicted molar refractivity (Wildman–Crippen MR) is 119 cm³/mol. The van der Waals surface area contributed by atoms with E-state index in [1.54, 1.807) is 12.1 Å². The molecule has 5 nitrogen and oxygen atoms in total. The lowest BCUT2D eigenvalue weighted by Gasteiger charge is -2.30. The number of rotatable bonds is 9. The number of hydrogen-bond donors (Lipinski definition) is 1. The van der Waals surface area contributed by atoms with Crippen LogP contribution in [0.25, 0.3) is 0 Å². The van der Waals surface area contributed by atoms with E-state index >= 15 is 0 Å². The van der Waals surface area contributed by atoms with Crippen molar-refractivity contribution in [1.82, 2.24) is 15.2 Å². The molecule has 1 aromatic heterocycles. The zero-order chi connectivity index (χ0) is 22.4. The van der Waals surface area contributed by atoms with Crippen LogP contribution in [0.2, 0.25) is 0 Å². The molecule has 0 fully saturated rings. The van der Waals surface area contributed by atoms with Crippen LogP contribution >= 0.6 is 0 Å². The normalized spacial score (nSPS) is 12.4. The summed E-state index contributed by atoms with van der Waals surface area (Å²) in [5.74, 6) is 0.341. The lowest BCUT2D eigenvalue weighted by molar-refractivity contribution is 0.0945. The summed E-state index contributed by atoms with van der Waals surface area (Å²) in [6.07, 6.45) is 1.39. The van der Waals surface area contributed by atoms with Crippen molar-refractivity contribution in [2.75, 3.05) is 0 Å². The first-order valence-corrected chi connectivity index (χ1v) is 10.6. The topological polar surface area (TPSA) is 58.4 Å². The number of oxazole rings is 1. The maximum absolute atomic E-state index is 13.0. The van der Waals surface area contributed by atoms with Gasteiger partial charge in [0.1, 0.15) is 12.1 Å². The number of carbonyl (C=O) groups excluding carboxylic acids is 1. The summed E-state index contributed by atoms with van der Waals surface area (Å²) >= 11 is 0. The fourth-order valence-corrected chi connectivity index (χ4v) is 3.23. The van der Waals surface area contributed by atoms with Crippen LogP contribution in [0.1, 0.15) is 53.8 Å². The van der Waals surface area contributed by atoms with Gasteiger partial charge in [-0.15, -0.1) is 0 Å². The van der Waals surface area contributed by atoms with Crippen molar-refractivity contribution in [2.45, 2.75) is 53.4 Å². The SMILES string of the molecule is Cc1ccc(CN(Cc2nc(C(=O)NCc3ccc(F)cc3)co2)[C@@H](C)C(C)C)cc1. The van der Waals surface area contributed by atoms with Gasteiger partial charge in [0.05, 0.1) is 6.54 Å². The van der Waals surface area contributed by atoms with Crippen LogP contribution in [0.4, 0.5) is 4.39 Å². The van der Waals surface area contributed by atoms with Crippen molar-refractivity contribution in [3.8, 4) is 0 Å². The van der Waals surface area contributed by atoms with Gasteiger partial charge < -0.3 is 9.73 Å². The Hall–Kier alpha value is -2.99. The molecular formula is C25H30FN3O2. The van der Waals surface area contributed by atoms with E-state index in [0.29, 0.717) is 30.9 Å². The highest BCUT2D eigenvalue weighted by Crippen LogP contribution is 2.18. The molecule has 1 N–H and O–H groups in total. The standard InChI is InChI=1S/C25H30FN3O2/c1-17(2)19(4)29(14-21-7-5-18(3)6-8-21)15-24-28-23(16-31-24)25(30)27-13-20-9-11-22(26)12-10-20/h5-12,16-17,19H,13-15H2,1-4H3,(H,27,30)/t19-/m0/s1. The van der Waals surface area contributed by atoms with Gasteiger partial charge in [-0.05, 0) is 43.0 Å². The number of hydrogen-bond acceptors (Lipinski definition) is 4. The Balaban J connectivity index is 1.64. The minimum atomic E-state index is -0.318. The molecule has 0 saturated carbocycles. The lowest BCUT2D eigenvalue weighted by atomic mass is 10.0. The zero-order valence-corrected chi connectivity index (χ0v) is 18.6. The number of carbonyl (C=O) groups is 1. The van der Waals surface area contributed by atoms with Crippen molar-refractivity contribution < 1.29 is 13.6 Å². The molecule has 1 heterocycles. The minimum absolute atomic E-state index is 0.240. The van der Waals surface area contributed by atoms with Gasteiger partial charge in [0.15, 0.2) is 5.69 Å². The maximum Gasteiger partial charge on any atom is 0.273 e. The second kappa shape index (κ2) is 10.4. The molecule has 3 rings (SSSR count). The van der Waals surface area contributed by atoms with Gasteiger partial charge in [0, 0.05) is 19.1 Å². The largest absolute Gasteiger partial charge is 0.447 e. The molecule has 1 amide bonds. The predicted octanol–water partition coefficient (Wildman–Crippen LogP) is 5.10. The van der Waals surface area contributed by atoms with Crippen LogP contribution in [0, 0.1) is 18.7 Å². The molecule has 0 bridgehead atoms. The third-order valence-corrected chi connectivity index (χ3v) is 5.54. The number of nitrogens with one attached hydrogen (secondary N) is 1. The molecule has 0 aliphatic heterocycles. The first-order valence-electron chi connectivity index (χ1n) is 10.6. The van der Waals surface area contributed by atoms with Crippen molar-refractivity contribution in [3.05, 3.63) is 88.9 Å². The van der Waals surface area contributed by atoms with E-state index in [-0.39, 0.29) is 17.4 Å². The first-order chi connectivity index (χ1) is 14.8. The number of aromatic nitrogens is 1. The molecule has 0 aliphatic carbocycles. The number of amides is 1. The second-order valence-corrected chi connectivity index (χ2v) is 8.31. The maximum atomic E-state index is 13.0. The highest BCUT2D eigenvalue weighted by molar-refractivity contribution is 5.91. The molecule has 1 atom stereocenters. The summed E-state index contributed by atoms with van der Waals surface area (Å²) in [5.41, 5.74) is 3.51. The van der Waals surface area contributed by atoms with Gasteiger partial charge in [-0.25, -0.2) is 9.37 Å². The van der Waals surface area contributed by atoms with E-state index in [9.17, 15) is 9.18 Å². The Kier molecular flexibility index (Phi) is 7.58. The number of nitrogens with zero attached hydrogens (tertiary/aromatic N) is 2. The molecular weight excluding hydrogens is 393 g/mol. The summed E-state index contributed by atoms with van der Waals surface area (Å²) in [6, 6.07) is 14.8. The van der Waals surface area contributed by atoms with E-state index in [2.05, 4.69) is 67.2 Å². The van der Waals surface area contributed by atoms with Gasteiger partial charge in [-0.3, -0.25) is 9.69 Å². The van der Waals surface area contributed by atoms with Crippen molar-refractivity contribution in [2.24, 2.45) is 5.92 Å². The Morgan fingerprint density at radius 1 is 1.03 bits per heavy atom. The fourth-order valence-electron chi connectivity index (χ4n) is 3.23. The van der Waals surface area contributed by atoms with E-state index in [1.165, 1.54) is 29.5 Å². The van der Waals surface area contributed by atoms with Gasteiger partial charge >= 0.3 is 0 Å². The van der Waals surface area contributed by atoms with Gasteiger partial charge in [-0.2, -0.15) is 0 Å². The van der Waals surface area contributed by atoms with Crippen LogP contribution in [-0.4, -0.2) is 21.8 Å². The van der Waals surface area contributed by atoms with Gasteiger partial charge in [0.2, 0.25) is 5.89 Å². The molecule has 0 aliphatic rings. The van der Waals surface area contributed by atoms with E-state index in [1.807, 2.05) is 0 Å². The van der Waals surface area contributed by atoms with E-state index in [0.717, 1.165) is 12.1 Å². The molecule has 2 aromatic carbocycles. The molecule has 0 unspecified atom stereocenters. The third-order valence-electron chi connectivity index (χ3n) is 5.54. The monoisotopic (exact) mass is 423 g/mol. The molecule has 6 heteroatoms. The van der Waals surface area contributed by atoms with E-state index < -0.39 is 0 Å². The Morgan fingerprint density at radius 3 is 2.32 bits per heavy atom. The molecule has 0 spiro atoms. The van der Waals surface area contributed by atoms with Crippen molar-refractivity contribution >= 4 is 5.91 Å². The average Bonchev–Trinajstić information content (AvgIpc) is 3.22. The highest BCUT2D eigenvalue weighted by atomic mass is 19.1. The number of benzene rings is 2. The molecule has 164 valence electrons. The highest BCUT2D eigenvalue weighted by Gasteiger charge is 2.21. The van der Waals surface area contributed by atoms with E-state index in [4.69, 9.17) is 4.42 Å². The van der Waals surface area contributed by atoms with Crippen LogP contribution in [0.3, 0.4) is 0 Å². The molecule has 0 radical (unpaired) electrons. The second-order valence-electron chi connectivity index (χ2n) is 8.31. The molecule has 31 heavy (non-hydrogen) atoms. The summed E-state index contributed by atoms with van der Waals surface area (Å²) in [7, 11) is 0. The van der Waals surface area contributed by atoms with Crippen LogP contribution in [0.5, 0.6) is 0 Å². The first kappa shape index (κ1) is 22.7. The zero-order valence-electron chi connectivity index (χ0n) is 18.6.